The number of hydrogen-bond donors (Lipinski definition) is 1. The summed E-state index contributed by atoms with van der Waals surface area (Å²) in [5.41, 5.74) is 3.66. The molecule has 0 saturated heterocycles. The number of aryl methyl sites for hydroxylation is 1. The summed E-state index contributed by atoms with van der Waals surface area (Å²) in [5, 5.41) is 8.54. The summed E-state index contributed by atoms with van der Waals surface area (Å²) in [5.74, 6) is 0. The monoisotopic (exact) mass is 299 g/mol. The number of rotatable bonds is 4. The predicted octanol–water partition coefficient (Wildman–Crippen LogP) is 6.41. The van der Waals surface area contributed by atoms with Gasteiger partial charge in [0, 0.05) is 21.2 Å². The van der Waals surface area contributed by atoms with Gasteiger partial charge in [0.1, 0.15) is 0 Å². The maximum Gasteiger partial charge on any atom is 0.0351 e. The summed E-state index contributed by atoms with van der Waals surface area (Å²) in [6.45, 7) is 10.2. The maximum absolute atomic E-state index is 7.20. The molecule has 1 aromatic heterocycles. The molecule has 0 unspecified atom stereocenters. The average molecular weight is 299 g/mol. The van der Waals surface area contributed by atoms with Crippen LogP contribution in [0.4, 0.5) is 0 Å². The summed E-state index contributed by atoms with van der Waals surface area (Å²) >= 11 is 1.85. The third-order valence-corrected chi connectivity index (χ3v) is 4.30. The standard InChI is InChI=1S/C17H19NS.C2H6/c1-4-5-15-13(3)19-17-9-8-14(10-16(15)17)7-6-12(2)11-18;1-2/h4-6,8-11,18H,7H2,1-3H3;1-2H3/b5-4-,12-6-,18-11?;. The Labute approximate surface area is 132 Å². The zero-order valence-electron chi connectivity index (χ0n) is 13.7. The Hall–Kier alpha value is -1.67. The molecule has 1 nitrogen and oxygen atoms in total. The number of hydrogen-bond acceptors (Lipinski definition) is 2. The molecule has 0 bridgehead atoms. The fraction of sp³-hybridized carbons (Fsp3) is 0.316. The second-order valence-corrected chi connectivity index (χ2v) is 5.96. The van der Waals surface area contributed by atoms with Crippen LogP contribution in [0.25, 0.3) is 16.2 Å². The van der Waals surface area contributed by atoms with Crippen LogP contribution in [-0.4, -0.2) is 6.21 Å². The number of fused-ring (bicyclic) bond motifs is 1. The van der Waals surface area contributed by atoms with Gasteiger partial charge in [-0.15, -0.1) is 11.3 Å². The van der Waals surface area contributed by atoms with Crippen molar-refractivity contribution in [3.8, 4) is 0 Å². The van der Waals surface area contributed by atoms with Crippen molar-refractivity contribution in [2.75, 3.05) is 0 Å². The second kappa shape index (κ2) is 8.58. The van der Waals surface area contributed by atoms with Crippen LogP contribution in [0.15, 0.2) is 35.9 Å². The fourth-order valence-corrected chi connectivity index (χ4v) is 3.16. The van der Waals surface area contributed by atoms with E-state index in [1.165, 1.54) is 32.3 Å². The molecule has 2 rings (SSSR count). The molecule has 1 N–H and O–H groups in total. The summed E-state index contributed by atoms with van der Waals surface area (Å²) in [7, 11) is 0. The highest BCUT2D eigenvalue weighted by Crippen LogP contribution is 2.32. The van der Waals surface area contributed by atoms with Crippen LogP contribution < -0.4 is 0 Å². The van der Waals surface area contributed by atoms with Gasteiger partial charge < -0.3 is 5.41 Å². The van der Waals surface area contributed by atoms with Crippen molar-refractivity contribution in [3.63, 3.8) is 0 Å². The molecule has 0 aliphatic rings. The maximum atomic E-state index is 7.20. The van der Waals surface area contributed by atoms with E-state index in [4.69, 9.17) is 5.41 Å². The van der Waals surface area contributed by atoms with E-state index in [1.54, 1.807) is 0 Å². The van der Waals surface area contributed by atoms with E-state index in [1.807, 2.05) is 32.1 Å². The minimum absolute atomic E-state index is 0.890. The first-order valence-corrected chi connectivity index (χ1v) is 8.29. The number of allylic oxidation sites excluding steroid dienone is 3. The minimum atomic E-state index is 0.890. The van der Waals surface area contributed by atoms with Crippen LogP contribution in [0.3, 0.4) is 0 Å². The van der Waals surface area contributed by atoms with E-state index in [0.717, 1.165) is 12.0 Å². The van der Waals surface area contributed by atoms with Crippen molar-refractivity contribution in [2.45, 2.75) is 41.0 Å². The molecular formula is C19H25NS. The Kier molecular flexibility index (Phi) is 7.10. The van der Waals surface area contributed by atoms with Crippen LogP contribution in [0.2, 0.25) is 0 Å². The van der Waals surface area contributed by atoms with Crippen LogP contribution in [0.1, 0.15) is 43.7 Å². The Morgan fingerprint density at radius 3 is 2.62 bits per heavy atom. The van der Waals surface area contributed by atoms with Gasteiger partial charge in [-0.05, 0) is 56.0 Å². The molecule has 21 heavy (non-hydrogen) atoms. The highest BCUT2D eigenvalue weighted by atomic mass is 32.1. The smallest absolute Gasteiger partial charge is 0.0351 e. The Balaban J connectivity index is 0.00000106. The summed E-state index contributed by atoms with van der Waals surface area (Å²) in [4.78, 5) is 1.37. The van der Waals surface area contributed by atoms with Crippen LogP contribution in [-0.2, 0) is 6.42 Å². The van der Waals surface area contributed by atoms with Crippen molar-refractivity contribution >= 4 is 33.7 Å². The van der Waals surface area contributed by atoms with Crippen LogP contribution in [0.5, 0.6) is 0 Å². The van der Waals surface area contributed by atoms with Crippen molar-refractivity contribution in [2.24, 2.45) is 0 Å². The van der Waals surface area contributed by atoms with E-state index < -0.39 is 0 Å². The summed E-state index contributed by atoms with van der Waals surface area (Å²) < 4.78 is 1.35. The van der Waals surface area contributed by atoms with Crippen molar-refractivity contribution in [3.05, 3.63) is 51.9 Å². The Morgan fingerprint density at radius 1 is 1.29 bits per heavy atom. The van der Waals surface area contributed by atoms with Gasteiger partial charge in [0.2, 0.25) is 0 Å². The molecule has 1 aromatic carbocycles. The van der Waals surface area contributed by atoms with E-state index in [0.29, 0.717) is 0 Å². The normalized spacial score (nSPS) is 11.6. The largest absolute Gasteiger partial charge is 0.308 e. The van der Waals surface area contributed by atoms with Gasteiger partial charge in [0.15, 0.2) is 0 Å². The molecule has 0 aliphatic heterocycles. The van der Waals surface area contributed by atoms with E-state index >= 15 is 0 Å². The molecule has 0 atom stereocenters. The van der Waals surface area contributed by atoms with E-state index in [-0.39, 0.29) is 0 Å². The van der Waals surface area contributed by atoms with Gasteiger partial charge in [-0.3, -0.25) is 0 Å². The predicted molar refractivity (Wildman–Crippen MR) is 98.9 cm³/mol. The van der Waals surface area contributed by atoms with Crippen molar-refractivity contribution < 1.29 is 0 Å². The Morgan fingerprint density at radius 2 is 2.00 bits per heavy atom. The second-order valence-electron chi connectivity index (χ2n) is 4.70. The summed E-state index contributed by atoms with van der Waals surface area (Å²) in [6, 6.07) is 6.68. The Bertz CT molecular complexity index is 660. The molecule has 2 heteroatoms. The molecular weight excluding hydrogens is 274 g/mol. The topological polar surface area (TPSA) is 23.9 Å². The molecule has 0 aliphatic carbocycles. The van der Waals surface area contributed by atoms with E-state index in [2.05, 4.69) is 50.3 Å². The molecule has 1 heterocycles. The summed E-state index contributed by atoms with van der Waals surface area (Å²) in [6.07, 6.45) is 8.68. The lowest BCUT2D eigenvalue weighted by atomic mass is 10.0. The molecule has 0 radical (unpaired) electrons. The van der Waals surface area contributed by atoms with Gasteiger partial charge in [0.05, 0.1) is 0 Å². The lowest BCUT2D eigenvalue weighted by Gasteiger charge is -2.00. The van der Waals surface area contributed by atoms with Crippen molar-refractivity contribution in [1.29, 1.82) is 5.41 Å². The highest BCUT2D eigenvalue weighted by molar-refractivity contribution is 7.19. The lowest BCUT2D eigenvalue weighted by Crippen LogP contribution is -1.84. The number of benzene rings is 1. The first-order chi connectivity index (χ1) is 10.2. The van der Waals surface area contributed by atoms with Gasteiger partial charge in [0.25, 0.3) is 0 Å². The van der Waals surface area contributed by atoms with Gasteiger partial charge >= 0.3 is 0 Å². The molecule has 2 aromatic rings. The van der Waals surface area contributed by atoms with Crippen LogP contribution >= 0.6 is 11.3 Å². The molecule has 0 spiro atoms. The van der Waals surface area contributed by atoms with Gasteiger partial charge in [-0.2, -0.15) is 0 Å². The minimum Gasteiger partial charge on any atom is -0.308 e. The molecule has 0 amide bonds. The number of nitrogens with one attached hydrogen (secondary N) is 1. The quantitative estimate of drug-likeness (QED) is 0.631. The third-order valence-electron chi connectivity index (χ3n) is 3.20. The SMILES string of the molecule is C/C=C\c1c(C)sc2ccc(C/C=C(/C)C=N)cc12.CC. The zero-order valence-corrected chi connectivity index (χ0v) is 14.5. The van der Waals surface area contributed by atoms with Gasteiger partial charge in [-0.25, -0.2) is 0 Å². The van der Waals surface area contributed by atoms with E-state index in [9.17, 15) is 0 Å². The van der Waals surface area contributed by atoms with Crippen LogP contribution in [0, 0.1) is 12.3 Å². The molecule has 0 saturated carbocycles. The van der Waals surface area contributed by atoms with Crippen molar-refractivity contribution in [1.82, 2.24) is 0 Å². The first-order valence-electron chi connectivity index (χ1n) is 7.47. The highest BCUT2D eigenvalue weighted by Gasteiger charge is 2.06. The lowest BCUT2D eigenvalue weighted by molar-refractivity contribution is 1.26. The zero-order chi connectivity index (χ0) is 15.8. The molecule has 112 valence electrons. The van der Waals surface area contributed by atoms with Gasteiger partial charge in [-0.1, -0.05) is 38.1 Å². The fourth-order valence-electron chi connectivity index (χ4n) is 2.12. The number of thiophene rings is 1. The first kappa shape index (κ1) is 17.4. The average Bonchev–Trinajstić information content (AvgIpc) is 2.83. The third kappa shape index (κ3) is 4.40. The molecule has 0 fully saturated rings.